The maximum absolute atomic E-state index is 12.0. The van der Waals surface area contributed by atoms with Gasteiger partial charge in [-0.1, -0.05) is 36.4 Å². The van der Waals surface area contributed by atoms with Crippen molar-refractivity contribution in [3.63, 3.8) is 0 Å². The number of esters is 1. The second-order valence-electron chi connectivity index (χ2n) is 4.71. The van der Waals surface area contributed by atoms with Crippen LogP contribution in [0.25, 0.3) is 11.0 Å². The Morgan fingerprint density at radius 1 is 1.14 bits per heavy atom. The normalized spacial score (nSPS) is 10.7. The van der Waals surface area contributed by atoms with Gasteiger partial charge in [-0.05, 0) is 36.2 Å². The molecule has 1 heterocycles. The zero-order valence-electron chi connectivity index (χ0n) is 11.7. The number of aryl methyl sites for hydroxylation is 1. The molecule has 3 rings (SSSR count). The molecule has 2 aromatic carbocycles. The third-order valence-electron chi connectivity index (χ3n) is 3.26. The van der Waals surface area contributed by atoms with Gasteiger partial charge in [-0.25, -0.2) is 9.48 Å². The Labute approximate surface area is 122 Å². The molecule has 106 valence electrons. The molecule has 0 atom stereocenters. The van der Waals surface area contributed by atoms with E-state index in [0.29, 0.717) is 5.75 Å². The minimum Gasteiger partial charge on any atom is -0.425 e. The lowest BCUT2D eigenvalue weighted by molar-refractivity contribution is -0.135. The maximum Gasteiger partial charge on any atom is 0.333 e. The van der Waals surface area contributed by atoms with Crippen molar-refractivity contribution < 1.29 is 9.53 Å². The summed E-state index contributed by atoms with van der Waals surface area (Å²) in [5.41, 5.74) is 2.78. The van der Waals surface area contributed by atoms with E-state index in [2.05, 4.69) is 17.2 Å². The molecule has 1 aromatic heterocycles. The summed E-state index contributed by atoms with van der Waals surface area (Å²) >= 11 is 0. The van der Waals surface area contributed by atoms with Crippen molar-refractivity contribution in [2.24, 2.45) is 0 Å². The van der Waals surface area contributed by atoms with Crippen LogP contribution < -0.4 is 4.74 Å². The molecule has 0 aliphatic heterocycles. The van der Waals surface area contributed by atoms with Crippen LogP contribution in [-0.4, -0.2) is 21.0 Å². The average Bonchev–Trinajstić information content (AvgIpc) is 2.91. The van der Waals surface area contributed by atoms with Crippen LogP contribution in [0.2, 0.25) is 0 Å². The molecule has 0 aliphatic rings. The van der Waals surface area contributed by atoms with Gasteiger partial charge < -0.3 is 4.74 Å². The van der Waals surface area contributed by atoms with E-state index in [4.69, 9.17) is 4.74 Å². The fourth-order valence-electron chi connectivity index (χ4n) is 2.11. The number of hydrogen-bond donors (Lipinski definition) is 0. The van der Waals surface area contributed by atoms with Gasteiger partial charge in [0.1, 0.15) is 17.8 Å². The number of hydrogen-bond acceptors (Lipinski definition) is 4. The molecule has 0 unspecified atom stereocenters. The Morgan fingerprint density at radius 3 is 2.67 bits per heavy atom. The largest absolute Gasteiger partial charge is 0.425 e. The molecule has 0 radical (unpaired) electrons. The van der Waals surface area contributed by atoms with Crippen LogP contribution >= 0.6 is 0 Å². The fourth-order valence-corrected chi connectivity index (χ4v) is 2.11. The number of ether oxygens (including phenoxy) is 1. The summed E-state index contributed by atoms with van der Waals surface area (Å²) in [6.45, 7) is 2.12. The molecule has 3 aromatic rings. The van der Waals surface area contributed by atoms with Crippen LogP contribution in [-0.2, 0) is 17.8 Å². The van der Waals surface area contributed by atoms with E-state index in [-0.39, 0.29) is 12.5 Å². The highest BCUT2D eigenvalue weighted by atomic mass is 16.5. The third-order valence-corrected chi connectivity index (χ3v) is 3.26. The lowest BCUT2D eigenvalue weighted by Crippen LogP contribution is -2.17. The van der Waals surface area contributed by atoms with Gasteiger partial charge in [-0.2, -0.15) is 0 Å². The van der Waals surface area contributed by atoms with E-state index in [9.17, 15) is 4.79 Å². The second-order valence-corrected chi connectivity index (χ2v) is 4.71. The minimum atomic E-state index is -0.366. The Balaban J connectivity index is 1.71. The molecule has 0 bridgehead atoms. The van der Waals surface area contributed by atoms with Crippen LogP contribution in [0, 0.1) is 0 Å². The van der Waals surface area contributed by atoms with Gasteiger partial charge in [0.05, 0.1) is 5.52 Å². The first kappa shape index (κ1) is 13.3. The Bertz CT molecular complexity index is 763. The molecule has 0 aliphatic carbocycles. The van der Waals surface area contributed by atoms with E-state index in [1.54, 1.807) is 12.1 Å². The maximum atomic E-state index is 12.0. The standard InChI is InChI=1S/C16H15N3O2/c1-2-12-7-9-13(10-8-12)21-16(20)11-19-15-6-4-3-5-14(15)17-18-19/h3-10H,2,11H2,1H3. The summed E-state index contributed by atoms with van der Waals surface area (Å²) in [6.07, 6.45) is 0.958. The molecule has 5 heteroatoms. The minimum absolute atomic E-state index is 0.0377. The van der Waals surface area contributed by atoms with Gasteiger partial charge in [0, 0.05) is 0 Å². The Hall–Kier alpha value is -2.69. The predicted octanol–water partition coefficient (Wildman–Crippen LogP) is 2.60. The van der Waals surface area contributed by atoms with Crippen molar-refractivity contribution >= 4 is 17.0 Å². The van der Waals surface area contributed by atoms with Gasteiger partial charge in [-0.15, -0.1) is 5.10 Å². The molecule has 0 fully saturated rings. The molecular formula is C16H15N3O2. The van der Waals surface area contributed by atoms with Crippen LogP contribution in [0.4, 0.5) is 0 Å². The molecule has 0 N–H and O–H groups in total. The van der Waals surface area contributed by atoms with Crippen LogP contribution in [0.15, 0.2) is 48.5 Å². The van der Waals surface area contributed by atoms with Gasteiger partial charge in [-0.3, -0.25) is 0 Å². The molecular weight excluding hydrogens is 266 g/mol. The molecule has 0 saturated heterocycles. The average molecular weight is 281 g/mol. The summed E-state index contributed by atoms with van der Waals surface area (Å²) in [6, 6.07) is 15.0. The van der Waals surface area contributed by atoms with Gasteiger partial charge in [0.25, 0.3) is 0 Å². The van der Waals surface area contributed by atoms with E-state index in [1.807, 2.05) is 36.4 Å². The molecule has 5 nitrogen and oxygen atoms in total. The summed E-state index contributed by atoms with van der Waals surface area (Å²) in [5.74, 6) is 0.177. The molecule has 0 saturated carbocycles. The number of fused-ring (bicyclic) bond motifs is 1. The highest BCUT2D eigenvalue weighted by molar-refractivity contribution is 5.77. The Kier molecular flexibility index (Phi) is 3.64. The van der Waals surface area contributed by atoms with Crippen molar-refractivity contribution in [1.82, 2.24) is 15.0 Å². The number of benzene rings is 2. The van der Waals surface area contributed by atoms with Crippen molar-refractivity contribution in [2.45, 2.75) is 19.9 Å². The summed E-state index contributed by atoms with van der Waals surface area (Å²) in [5, 5.41) is 7.98. The smallest absolute Gasteiger partial charge is 0.333 e. The van der Waals surface area contributed by atoms with E-state index >= 15 is 0 Å². The van der Waals surface area contributed by atoms with Crippen LogP contribution in [0.3, 0.4) is 0 Å². The number of rotatable bonds is 4. The van der Waals surface area contributed by atoms with Crippen molar-refractivity contribution in [1.29, 1.82) is 0 Å². The number of carbonyl (C=O) groups excluding carboxylic acids is 1. The van der Waals surface area contributed by atoms with E-state index < -0.39 is 0 Å². The second kappa shape index (κ2) is 5.75. The van der Waals surface area contributed by atoms with E-state index in [0.717, 1.165) is 17.5 Å². The van der Waals surface area contributed by atoms with Crippen molar-refractivity contribution in [3.05, 3.63) is 54.1 Å². The first-order chi connectivity index (χ1) is 10.3. The van der Waals surface area contributed by atoms with Gasteiger partial charge >= 0.3 is 5.97 Å². The van der Waals surface area contributed by atoms with Crippen LogP contribution in [0.1, 0.15) is 12.5 Å². The third kappa shape index (κ3) is 2.91. The molecule has 0 amide bonds. The lowest BCUT2D eigenvalue weighted by Gasteiger charge is -2.05. The summed E-state index contributed by atoms with van der Waals surface area (Å²) in [7, 11) is 0. The topological polar surface area (TPSA) is 57.0 Å². The van der Waals surface area contributed by atoms with Gasteiger partial charge in [0.15, 0.2) is 0 Å². The number of aromatic nitrogens is 3. The first-order valence-corrected chi connectivity index (χ1v) is 6.84. The summed E-state index contributed by atoms with van der Waals surface area (Å²) < 4.78 is 6.85. The monoisotopic (exact) mass is 281 g/mol. The number of para-hydroxylation sites is 1. The Morgan fingerprint density at radius 2 is 1.90 bits per heavy atom. The van der Waals surface area contributed by atoms with Crippen molar-refractivity contribution in [2.75, 3.05) is 0 Å². The van der Waals surface area contributed by atoms with Crippen molar-refractivity contribution in [3.8, 4) is 5.75 Å². The first-order valence-electron chi connectivity index (χ1n) is 6.84. The number of nitrogens with zero attached hydrogens (tertiary/aromatic N) is 3. The van der Waals surface area contributed by atoms with Gasteiger partial charge in [0.2, 0.25) is 0 Å². The summed E-state index contributed by atoms with van der Waals surface area (Å²) in [4.78, 5) is 12.0. The predicted molar refractivity (Wildman–Crippen MR) is 79.0 cm³/mol. The van der Waals surface area contributed by atoms with E-state index in [1.165, 1.54) is 10.2 Å². The number of carbonyl (C=O) groups is 1. The zero-order chi connectivity index (χ0) is 14.7. The lowest BCUT2D eigenvalue weighted by atomic mass is 10.2. The highest BCUT2D eigenvalue weighted by Gasteiger charge is 2.10. The van der Waals surface area contributed by atoms with Crippen LogP contribution in [0.5, 0.6) is 5.75 Å². The fraction of sp³-hybridized carbons (Fsp3) is 0.188. The molecule has 21 heavy (non-hydrogen) atoms. The highest BCUT2D eigenvalue weighted by Crippen LogP contribution is 2.14. The quantitative estimate of drug-likeness (QED) is 0.545. The molecule has 0 spiro atoms. The SMILES string of the molecule is CCc1ccc(OC(=O)Cn2nnc3ccccc32)cc1. The zero-order valence-corrected chi connectivity index (χ0v) is 11.7.